The lowest BCUT2D eigenvalue weighted by Gasteiger charge is -2.14. The van der Waals surface area contributed by atoms with Gasteiger partial charge in [0.25, 0.3) is 0 Å². The molecule has 2 rings (SSSR count). The third-order valence-corrected chi connectivity index (χ3v) is 4.64. The van der Waals surface area contributed by atoms with Crippen LogP contribution in [0.5, 0.6) is 0 Å². The molecule has 0 aliphatic rings. The van der Waals surface area contributed by atoms with Crippen LogP contribution in [0.1, 0.15) is 22.4 Å². The van der Waals surface area contributed by atoms with Gasteiger partial charge in [0.2, 0.25) is 0 Å². The molecule has 2 aromatic heterocycles. The maximum atomic E-state index is 4.59. The van der Waals surface area contributed by atoms with Gasteiger partial charge in [-0.2, -0.15) is 0 Å². The van der Waals surface area contributed by atoms with Crippen molar-refractivity contribution in [3.8, 4) is 0 Å². The molecule has 0 aliphatic carbocycles. The Hall–Kier alpha value is -2.08. The average Bonchev–Trinajstić information content (AvgIpc) is 3.03. The molecule has 2 N–H and O–H groups in total. The maximum Gasteiger partial charge on any atom is 0.191 e. The van der Waals surface area contributed by atoms with E-state index >= 15 is 0 Å². The first kappa shape index (κ1) is 17.3. The van der Waals surface area contributed by atoms with Crippen LogP contribution in [0.15, 0.2) is 35.3 Å². The summed E-state index contributed by atoms with van der Waals surface area (Å²) < 4.78 is 0. The molecular weight excluding hydrogens is 306 g/mol. The molecule has 0 fully saturated rings. The van der Waals surface area contributed by atoms with Crippen LogP contribution < -0.4 is 15.5 Å². The zero-order valence-corrected chi connectivity index (χ0v) is 15.1. The monoisotopic (exact) mass is 331 g/mol. The van der Waals surface area contributed by atoms with Crippen LogP contribution in [0.4, 0.5) is 5.82 Å². The number of aromatic nitrogens is 1. The molecule has 0 saturated carbocycles. The molecule has 0 spiro atoms. The van der Waals surface area contributed by atoms with Crippen molar-refractivity contribution in [1.29, 1.82) is 0 Å². The fourth-order valence-electron chi connectivity index (χ4n) is 2.09. The fourth-order valence-corrected chi connectivity index (χ4v) is 2.99. The number of nitrogens with zero attached hydrogens (tertiary/aromatic N) is 3. The molecule has 0 saturated heterocycles. The Kier molecular flexibility index (Phi) is 6.40. The molecule has 23 heavy (non-hydrogen) atoms. The van der Waals surface area contributed by atoms with E-state index in [4.69, 9.17) is 0 Å². The summed E-state index contributed by atoms with van der Waals surface area (Å²) in [5, 5.41) is 6.65. The van der Waals surface area contributed by atoms with Gasteiger partial charge in [-0.25, -0.2) is 4.98 Å². The zero-order chi connectivity index (χ0) is 16.7. The largest absolute Gasteiger partial charge is 0.363 e. The second-order valence-corrected chi connectivity index (χ2v) is 6.64. The first-order valence-corrected chi connectivity index (χ1v) is 8.59. The van der Waals surface area contributed by atoms with Crippen molar-refractivity contribution in [2.75, 3.05) is 26.0 Å². The number of guanidine groups is 1. The summed E-state index contributed by atoms with van der Waals surface area (Å²) in [4.78, 5) is 13.6. The predicted molar refractivity (Wildman–Crippen MR) is 99.3 cm³/mol. The molecule has 6 heteroatoms. The number of pyridine rings is 1. The molecule has 0 atom stereocenters. The molecule has 0 unspecified atom stereocenters. The van der Waals surface area contributed by atoms with Crippen LogP contribution in [-0.2, 0) is 19.5 Å². The van der Waals surface area contributed by atoms with Crippen molar-refractivity contribution in [3.05, 3.63) is 45.8 Å². The van der Waals surface area contributed by atoms with E-state index in [0.29, 0.717) is 6.54 Å². The minimum absolute atomic E-state index is 0.645. The number of thiophene rings is 1. The van der Waals surface area contributed by atoms with Gasteiger partial charge in [-0.15, -0.1) is 11.3 Å². The number of rotatable bonds is 6. The summed E-state index contributed by atoms with van der Waals surface area (Å²) in [6.07, 6.45) is 1.09. The third kappa shape index (κ3) is 5.25. The number of aryl methyl sites for hydroxylation is 1. The molecule has 0 amide bonds. The SMILES string of the molecule is CCc1ccc(CNC(=NC)NCc2cccc(N(C)C)n2)s1. The van der Waals surface area contributed by atoms with Crippen molar-refractivity contribution in [2.24, 2.45) is 4.99 Å². The van der Waals surface area contributed by atoms with Crippen LogP contribution in [0.2, 0.25) is 0 Å². The Morgan fingerprint density at radius 2 is 1.87 bits per heavy atom. The lowest BCUT2D eigenvalue weighted by molar-refractivity contribution is 0.797. The standard InChI is InChI=1S/C17H25N5S/c1-5-14-9-10-15(23-14)12-20-17(18-2)19-11-13-7-6-8-16(21-13)22(3)4/h6-10H,5,11-12H2,1-4H3,(H2,18,19,20). The summed E-state index contributed by atoms with van der Waals surface area (Å²) >= 11 is 1.84. The van der Waals surface area contributed by atoms with E-state index < -0.39 is 0 Å². The molecule has 0 aromatic carbocycles. The van der Waals surface area contributed by atoms with E-state index in [0.717, 1.165) is 30.4 Å². The lowest BCUT2D eigenvalue weighted by Crippen LogP contribution is -2.36. The highest BCUT2D eigenvalue weighted by molar-refractivity contribution is 7.11. The second kappa shape index (κ2) is 8.53. The normalized spacial score (nSPS) is 11.4. The summed E-state index contributed by atoms with van der Waals surface area (Å²) in [7, 11) is 5.77. The lowest BCUT2D eigenvalue weighted by atomic mass is 10.3. The molecular formula is C17H25N5S. The Labute approximate surface area is 142 Å². The summed E-state index contributed by atoms with van der Waals surface area (Å²) in [6.45, 7) is 3.61. The number of nitrogens with one attached hydrogen (secondary N) is 2. The van der Waals surface area contributed by atoms with E-state index in [1.807, 2.05) is 48.5 Å². The van der Waals surface area contributed by atoms with Gasteiger partial charge in [0, 0.05) is 30.9 Å². The summed E-state index contributed by atoms with van der Waals surface area (Å²) in [6, 6.07) is 10.4. The average molecular weight is 331 g/mol. The minimum atomic E-state index is 0.645. The highest BCUT2D eigenvalue weighted by atomic mass is 32.1. The molecule has 5 nitrogen and oxygen atoms in total. The molecule has 2 aromatic rings. The van der Waals surface area contributed by atoms with E-state index in [2.05, 4.69) is 39.7 Å². The quantitative estimate of drug-likeness (QED) is 0.631. The smallest absolute Gasteiger partial charge is 0.191 e. The molecule has 124 valence electrons. The summed E-state index contributed by atoms with van der Waals surface area (Å²) in [5.74, 6) is 1.74. The van der Waals surface area contributed by atoms with Crippen LogP contribution in [0.3, 0.4) is 0 Å². The number of hydrogen-bond donors (Lipinski definition) is 2. The van der Waals surface area contributed by atoms with Crippen molar-refractivity contribution < 1.29 is 0 Å². The van der Waals surface area contributed by atoms with Gasteiger partial charge in [-0.1, -0.05) is 13.0 Å². The van der Waals surface area contributed by atoms with Crippen LogP contribution in [0.25, 0.3) is 0 Å². The second-order valence-electron chi connectivity index (χ2n) is 5.38. The van der Waals surface area contributed by atoms with Gasteiger partial charge in [0.05, 0.1) is 18.8 Å². The molecule has 0 aliphatic heterocycles. The predicted octanol–water partition coefficient (Wildman–Crippen LogP) is 2.64. The number of aliphatic imine (C=N–C) groups is 1. The molecule has 0 radical (unpaired) electrons. The highest BCUT2D eigenvalue weighted by Crippen LogP contribution is 2.16. The number of anilines is 1. The fraction of sp³-hybridized carbons (Fsp3) is 0.412. The van der Waals surface area contributed by atoms with E-state index in [1.165, 1.54) is 9.75 Å². The Morgan fingerprint density at radius 3 is 2.52 bits per heavy atom. The van der Waals surface area contributed by atoms with Gasteiger partial charge >= 0.3 is 0 Å². The van der Waals surface area contributed by atoms with Crippen LogP contribution in [-0.4, -0.2) is 32.1 Å². The Balaban J connectivity index is 1.86. The van der Waals surface area contributed by atoms with Gasteiger partial charge in [-0.3, -0.25) is 4.99 Å². The van der Waals surface area contributed by atoms with Crippen molar-refractivity contribution >= 4 is 23.1 Å². The van der Waals surface area contributed by atoms with Crippen molar-refractivity contribution in [1.82, 2.24) is 15.6 Å². The minimum Gasteiger partial charge on any atom is -0.363 e. The van der Waals surface area contributed by atoms with Gasteiger partial charge < -0.3 is 15.5 Å². The molecule has 0 bridgehead atoms. The van der Waals surface area contributed by atoms with Crippen molar-refractivity contribution in [3.63, 3.8) is 0 Å². The first-order valence-electron chi connectivity index (χ1n) is 7.77. The van der Waals surface area contributed by atoms with Gasteiger partial charge in [0.1, 0.15) is 5.82 Å². The van der Waals surface area contributed by atoms with Crippen molar-refractivity contribution in [2.45, 2.75) is 26.4 Å². The molecule has 2 heterocycles. The van der Waals surface area contributed by atoms with Gasteiger partial charge in [0.15, 0.2) is 5.96 Å². The topological polar surface area (TPSA) is 52.6 Å². The Bertz CT molecular complexity index is 648. The van der Waals surface area contributed by atoms with Crippen LogP contribution in [0, 0.1) is 0 Å². The first-order chi connectivity index (χ1) is 11.1. The van der Waals surface area contributed by atoms with E-state index in [9.17, 15) is 0 Å². The van der Waals surface area contributed by atoms with E-state index in [1.54, 1.807) is 7.05 Å². The number of hydrogen-bond acceptors (Lipinski definition) is 4. The Morgan fingerprint density at radius 1 is 1.13 bits per heavy atom. The highest BCUT2D eigenvalue weighted by Gasteiger charge is 2.03. The van der Waals surface area contributed by atoms with Crippen LogP contribution >= 0.6 is 11.3 Å². The van der Waals surface area contributed by atoms with E-state index in [-0.39, 0.29) is 0 Å². The maximum absolute atomic E-state index is 4.59. The zero-order valence-electron chi connectivity index (χ0n) is 14.3. The summed E-state index contributed by atoms with van der Waals surface area (Å²) in [5.41, 5.74) is 0.989. The van der Waals surface area contributed by atoms with Gasteiger partial charge in [-0.05, 0) is 30.7 Å². The third-order valence-electron chi connectivity index (χ3n) is 3.41.